The molecule has 0 saturated carbocycles. The number of aliphatic imine (C=N–C) groups is 1. The summed E-state index contributed by atoms with van der Waals surface area (Å²) >= 11 is 0. The predicted octanol–water partition coefficient (Wildman–Crippen LogP) is 3.00. The van der Waals surface area contributed by atoms with E-state index in [1.165, 1.54) is 6.92 Å². The molecule has 0 saturated heterocycles. The average Bonchev–Trinajstić information content (AvgIpc) is 2.96. The standard InChI is InChI=1S/C19H16N2O4/c1-12(22)20-14-9-7-13(8-10-14)11-16-19(23)25-18(21-16)15-5-3-4-6-17(15)24-2/h3-11H,1-2H3,(H,20,22)/b16-11-. The van der Waals surface area contributed by atoms with Gasteiger partial charge in [0.1, 0.15) is 5.75 Å². The fourth-order valence-corrected chi connectivity index (χ4v) is 2.37. The van der Waals surface area contributed by atoms with Crippen LogP contribution in [0.5, 0.6) is 5.75 Å². The van der Waals surface area contributed by atoms with Gasteiger partial charge in [0, 0.05) is 12.6 Å². The van der Waals surface area contributed by atoms with Crippen molar-refractivity contribution in [2.24, 2.45) is 4.99 Å². The van der Waals surface area contributed by atoms with E-state index in [0.717, 1.165) is 5.56 Å². The van der Waals surface area contributed by atoms with E-state index < -0.39 is 5.97 Å². The Bertz CT molecular complexity index is 883. The van der Waals surface area contributed by atoms with Crippen LogP contribution in [0.25, 0.3) is 6.08 Å². The summed E-state index contributed by atoms with van der Waals surface area (Å²) in [4.78, 5) is 27.4. The number of benzene rings is 2. The summed E-state index contributed by atoms with van der Waals surface area (Å²) < 4.78 is 10.5. The van der Waals surface area contributed by atoms with Crippen molar-refractivity contribution in [2.45, 2.75) is 6.92 Å². The second-order valence-corrected chi connectivity index (χ2v) is 5.34. The molecule has 1 aliphatic heterocycles. The summed E-state index contributed by atoms with van der Waals surface area (Å²) in [5.41, 5.74) is 2.27. The number of nitrogens with one attached hydrogen (secondary N) is 1. The van der Waals surface area contributed by atoms with Crippen molar-refractivity contribution in [1.29, 1.82) is 0 Å². The van der Waals surface area contributed by atoms with Crippen LogP contribution in [0, 0.1) is 0 Å². The smallest absolute Gasteiger partial charge is 0.363 e. The predicted molar refractivity (Wildman–Crippen MR) is 94.3 cm³/mol. The molecular formula is C19H16N2O4. The first-order valence-electron chi connectivity index (χ1n) is 7.60. The number of carbonyl (C=O) groups is 2. The minimum atomic E-state index is -0.521. The Kier molecular flexibility index (Phi) is 4.61. The maximum absolute atomic E-state index is 12.1. The zero-order valence-electron chi connectivity index (χ0n) is 13.8. The number of amides is 1. The number of anilines is 1. The van der Waals surface area contributed by atoms with Crippen molar-refractivity contribution < 1.29 is 19.1 Å². The summed E-state index contributed by atoms with van der Waals surface area (Å²) in [5, 5.41) is 2.68. The summed E-state index contributed by atoms with van der Waals surface area (Å²) in [6.45, 7) is 1.44. The molecule has 0 fully saturated rings. The fourth-order valence-electron chi connectivity index (χ4n) is 2.37. The molecule has 1 aliphatic rings. The first kappa shape index (κ1) is 16.4. The summed E-state index contributed by atoms with van der Waals surface area (Å²) in [7, 11) is 1.55. The number of cyclic esters (lactones) is 1. The zero-order chi connectivity index (χ0) is 17.8. The molecule has 126 valence electrons. The van der Waals surface area contributed by atoms with Crippen LogP contribution in [0.15, 0.2) is 59.2 Å². The zero-order valence-corrected chi connectivity index (χ0v) is 13.8. The van der Waals surface area contributed by atoms with Crippen LogP contribution >= 0.6 is 0 Å². The Morgan fingerprint density at radius 2 is 1.88 bits per heavy atom. The van der Waals surface area contributed by atoms with Gasteiger partial charge in [0.25, 0.3) is 0 Å². The Hall–Kier alpha value is -3.41. The molecular weight excluding hydrogens is 320 g/mol. The van der Waals surface area contributed by atoms with Gasteiger partial charge in [-0.1, -0.05) is 24.3 Å². The number of hydrogen-bond donors (Lipinski definition) is 1. The number of methoxy groups -OCH3 is 1. The molecule has 0 bridgehead atoms. The van der Waals surface area contributed by atoms with Crippen LogP contribution in [0.4, 0.5) is 5.69 Å². The minimum Gasteiger partial charge on any atom is -0.496 e. The molecule has 0 radical (unpaired) electrons. The average molecular weight is 336 g/mol. The van der Waals surface area contributed by atoms with Gasteiger partial charge in [-0.2, -0.15) is 0 Å². The number of esters is 1. The molecule has 1 heterocycles. The van der Waals surface area contributed by atoms with Gasteiger partial charge in [0.05, 0.1) is 12.7 Å². The second-order valence-electron chi connectivity index (χ2n) is 5.34. The molecule has 0 atom stereocenters. The van der Waals surface area contributed by atoms with Crippen LogP contribution in [-0.2, 0) is 14.3 Å². The fraction of sp³-hybridized carbons (Fsp3) is 0.105. The van der Waals surface area contributed by atoms with Gasteiger partial charge in [-0.3, -0.25) is 4.79 Å². The lowest BCUT2D eigenvalue weighted by atomic mass is 10.1. The highest BCUT2D eigenvalue weighted by Gasteiger charge is 2.26. The van der Waals surface area contributed by atoms with E-state index in [9.17, 15) is 9.59 Å². The summed E-state index contributed by atoms with van der Waals surface area (Å²) in [5.74, 6) is 0.127. The van der Waals surface area contributed by atoms with Gasteiger partial charge in [0.15, 0.2) is 5.70 Å². The van der Waals surface area contributed by atoms with E-state index in [4.69, 9.17) is 9.47 Å². The topological polar surface area (TPSA) is 77.0 Å². The Morgan fingerprint density at radius 1 is 1.16 bits per heavy atom. The summed E-state index contributed by atoms with van der Waals surface area (Å²) in [6, 6.07) is 14.2. The highest BCUT2D eigenvalue weighted by atomic mass is 16.6. The summed E-state index contributed by atoms with van der Waals surface area (Å²) in [6.07, 6.45) is 1.63. The van der Waals surface area contributed by atoms with Gasteiger partial charge in [0.2, 0.25) is 11.8 Å². The van der Waals surface area contributed by atoms with Crippen LogP contribution in [-0.4, -0.2) is 24.9 Å². The molecule has 3 rings (SSSR count). The van der Waals surface area contributed by atoms with Gasteiger partial charge in [-0.15, -0.1) is 0 Å². The highest BCUT2D eigenvalue weighted by molar-refractivity contribution is 6.13. The molecule has 6 nitrogen and oxygen atoms in total. The van der Waals surface area contributed by atoms with E-state index in [0.29, 0.717) is 17.0 Å². The van der Waals surface area contributed by atoms with Gasteiger partial charge >= 0.3 is 5.97 Å². The maximum atomic E-state index is 12.1. The molecule has 25 heavy (non-hydrogen) atoms. The quantitative estimate of drug-likeness (QED) is 0.688. The number of rotatable bonds is 4. The molecule has 0 aromatic heterocycles. The molecule has 0 unspecified atom stereocenters. The number of ether oxygens (including phenoxy) is 2. The van der Waals surface area contributed by atoms with E-state index in [2.05, 4.69) is 10.3 Å². The van der Waals surface area contributed by atoms with Crippen LogP contribution in [0.2, 0.25) is 0 Å². The van der Waals surface area contributed by atoms with Crippen LogP contribution in [0.3, 0.4) is 0 Å². The SMILES string of the molecule is COc1ccccc1C1=N/C(=C\c2ccc(NC(C)=O)cc2)C(=O)O1. The van der Waals surface area contributed by atoms with Crippen LogP contribution in [0.1, 0.15) is 18.1 Å². The molecule has 1 amide bonds. The second kappa shape index (κ2) is 7.00. The Labute approximate surface area is 144 Å². The minimum absolute atomic E-state index is 0.142. The van der Waals surface area contributed by atoms with Crippen molar-refractivity contribution in [3.05, 3.63) is 65.4 Å². The Balaban J connectivity index is 1.87. The molecule has 6 heteroatoms. The van der Waals surface area contributed by atoms with Crippen molar-refractivity contribution in [3.8, 4) is 5.75 Å². The molecule has 1 N–H and O–H groups in total. The van der Waals surface area contributed by atoms with E-state index in [-0.39, 0.29) is 17.5 Å². The van der Waals surface area contributed by atoms with Gasteiger partial charge < -0.3 is 14.8 Å². The number of nitrogens with zero attached hydrogens (tertiary/aromatic N) is 1. The molecule has 0 aliphatic carbocycles. The Morgan fingerprint density at radius 3 is 2.56 bits per heavy atom. The largest absolute Gasteiger partial charge is 0.496 e. The van der Waals surface area contributed by atoms with Crippen molar-refractivity contribution in [3.63, 3.8) is 0 Å². The molecule has 2 aromatic carbocycles. The van der Waals surface area contributed by atoms with Crippen molar-refractivity contribution >= 4 is 29.5 Å². The third-order valence-electron chi connectivity index (χ3n) is 3.49. The van der Waals surface area contributed by atoms with Crippen LogP contribution < -0.4 is 10.1 Å². The van der Waals surface area contributed by atoms with E-state index in [1.54, 1.807) is 49.6 Å². The third kappa shape index (κ3) is 3.74. The van der Waals surface area contributed by atoms with Gasteiger partial charge in [-0.25, -0.2) is 9.79 Å². The first-order chi connectivity index (χ1) is 12.1. The number of para-hydroxylation sites is 1. The lowest BCUT2D eigenvalue weighted by Gasteiger charge is -2.05. The van der Waals surface area contributed by atoms with E-state index in [1.807, 2.05) is 12.1 Å². The normalized spacial score (nSPS) is 14.9. The lowest BCUT2D eigenvalue weighted by Crippen LogP contribution is -2.06. The molecule has 0 spiro atoms. The number of carbonyl (C=O) groups excluding carboxylic acids is 2. The monoisotopic (exact) mass is 336 g/mol. The third-order valence-corrected chi connectivity index (χ3v) is 3.49. The van der Waals surface area contributed by atoms with Crippen molar-refractivity contribution in [1.82, 2.24) is 0 Å². The first-order valence-corrected chi connectivity index (χ1v) is 7.60. The van der Waals surface area contributed by atoms with Gasteiger partial charge in [-0.05, 0) is 35.9 Å². The van der Waals surface area contributed by atoms with E-state index >= 15 is 0 Å². The molecule has 2 aromatic rings. The highest BCUT2D eigenvalue weighted by Crippen LogP contribution is 2.25. The maximum Gasteiger partial charge on any atom is 0.363 e. The van der Waals surface area contributed by atoms with Crippen molar-refractivity contribution in [2.75, 3.05) is 12.4 Å². The lowest BCUT2D eigenvalue weighted by molar-refractivity contribution is -0.129. The number of hydrogen-bond acceptors (Lipinski definition) is 5.